The molecule has 0 bridgehead atoms. The van der Waals surface area contributed by atoms with Gasteiger partial charge < -0.3 is 10.1 Å². The molecule has 0 amide bonds. The van der Waals surface area contributed by atoms with Crippen molar-refractivity contribution in [3.63, 3.8) is 0 Å². The molecule has 0 aromatic carbocycles. The Morgan fingerprint density at radius 3 is 3.15 bits per heavy atom. The van der Waals surface area contributed by atoms with Crippen LogP contribution in [0.4, 0.5) is 0 Å². The van der Waals surface area contributed by atoms with Crippen molar-refractivity contribution in [3.8, 4) is 12.3 Å². The van der Waals surface area contributed by atoms with Crippen LogP contribution in [0.5, 0.6) is 0 Å². The highest BCUT2D eigenvalue weighted by Crippen LogP contribution is 2.07. The molecule has 74 valence electrons. The van der Waals surface area contributed by atoms with Gasteiger partial charge >= 0.3 is 0 Å². The number of ether oxygens (including phenoxy) is 1. The van der Waals surface area contributed by atoms with Gasteiger partial charge in [-0.2, -0.15) is 0 Å². The first kappa shape index (κ1) is 10.6. The fourth-order valence-corrected chi connectivity index (χ4v) is 1.60. The topological polar surface area (TPSA) is 21.3 Å². The average molecular weight is 181 g/mol. The van der Waals surface area contributed by atoms with Crippen molar-refractivity contribution in [2.24, 2.45) is 0 Å². The molecule has 1 rings (SSSR count). The zero-order chi connectivity index (χ0) is 9.36. The van der Waals surface area contributed by atoms with Crippen LogP contribution < -0.4 is 5.32 Å². The third-order valence-corrected chi connectivity index (χ3v) is 2.38. The van der Waals surface area contributed by atoms with Crippen LogP contribution in [0, 0.1) is 12.3 Å². The first-order valence-corrected chi connectivity index (χ1v) is 5.18. The third-order valence-electron chi connectivity index (χ3n) is 2.38. The quantitative estimate of drug-likeness (QED) is 0.525. The predicted molar refractivity (Wildman–Crippen MR) is 54.5 cm³/mol. The average Bonchev–Trinajstić information content (AvgIpc) is 2.41. The van der Waals surface area contributed by atoms with Crippen LogP contribution >= 0.6 is 0 Å². The Balaban J connectivity index is 2.02. The number of unbranched alkanes of at least 4 members (excludes halogenated alkanes) is 1. The monoisotopic (exact) mass is 181 g/mol. The first-order chi connectivity index (χ1) is 6.43. The molecule has 2 nitrogen and oxygen atoms in total. The van der Waals surface area contributed by atoms with Gasteiger partial charge in [0, 0.05) is 25.7 Å². The molecule has 1 aliphatic heterocycles. The van der Waals surface area contributed by atoms with E-state index in [4.69, 9.17) is 11.2 Å². The van der Waals surface area contributed by atoms with Gasteiger partial charge in [-0.25, -0.2) is 0 Å². The molecule has 1 fully saturated rings. The van der Waals surface area contributed by atoms with E-state index >= 15 is 0 Å². The number of hydrogen-bond donors (Lipinski definition) is 1. The van der Waals surface area contributed by atoms with Gasteiger partial charge in [0.15, 0.2) is 0 Å². The maximum atomic E-state index is 5.38. The maximum absolute atomic E-state index is 5.38. The molecule has 0 aliphatic carbocycles. The molecule has 1 aliphatic rings. The lowest BCUT2D eigenvalue weighted by molar-refractivity contribution is 0.142. The summed E-state index contributed by atoms with van der Waals surface area (Å²) >= 11 is 0. The minimum absolute atomic E-state index is 0.653. The van der Waals surface area contributed by atoms with Crippen molar-refractivity contribution in [2.75, 3.05) is 19.8 Å². The van der Waals surface area contributed by atoms with Crippen molar-refractivity contribution < 1.29 is 4.74 Å². The molecule has 0 aromatic heterocycles. The first-order valence-electron chi connectivity index (χ1n) is 5.18. The summed E-state index contributed by atoms with van der Waals surface area (Å²) in [5.41, 5.74) is 0. The van der Waals surface area contributed by atoms with Crippen molar-refractivity contribution in [1.29, 1.82) is 0 Å². The molecule has 1 N–H and O–H groups in total. The lowest BCUT2D eigenvalue weighted by Gasteiger charge is -2.14. The third kappa shape index (κ3) is 4.92. The minimum Gasteiger partial charge on any atom is -0.381 e. The molecule has 0 saturated carbocycles. The molecule has 2 heteroatoms. The van der Waals surface area contributed by atoms with Gasteiger partial charge in [0.1, 0.15) is 0 Å². The van der Waals surface area contributed by atoms with E-state index in [1.54, 1.807) is 0 Å². The Bertz CT molecular complexity index is 154. The minimum atomic E-state index is 0.653. The zero-order valence-corrected chi connectivity index (χ0v) is 8.22. The number of terminal acetylenes is 1. The molecule has 0 radical (unpaired) electrons. The Morgan fingerprint density at radius 1 is 1.38 bits per heavy atom. The van der Waals surface area contributed by atoms with E-state index < -0.39 is 0 Å². The van der Waals surface area contributed by atoms with Gasteiger partial charge in [0.05, 0.1) is 0 Å². The summed E-state index contributed by atoms with van der Waals surface area (Å²) in [6, 6.07) is 0.653. The van der Waals surface area contributed by atoms with Crippen molar-refractivity contribution in [2.45, 2.75) is 38.1 Å². The van der Waals surface area contributed by atoms with E-state index in [9.17, 15) is 0 Å². The smallest absolute Gasteiger partial charge is 0.0480 e. The van der Waals surface area contributed by atoms with Gasteiger partial charge in [-0.3, -0.25) is 0 Å². The molecule has 1 unspecified atom stereocenters. The van der Waals surface area contributed by atoms with Crippen molar-refractivity contribution in [1.82, 2.24) is 5.32 Å². The van der Waals surface area contributed by atoms with Crippen LogP contribution in [0.15, 0.2) is 0 Å². The Labute approximate surface area is 81.0 Å². The fraction of sp³-hybridized carbons (Fsp3) is 0.818. The Kier molecular flexibility index (Phi) is 5.64. The molecule has 13 heavy (non-hydrogen) atoms. The SMILES string of the molecule is C#CCCCNC1CCCOCC1. The number of rotatable bonds is 4. The second-order valence-electron chi connectivity index (χ2n) is 3.50. The summed E-state index contributed by atoms with van der Waals surface area (Å²) in [5, 5.41) is 3.52. The lowest BCUT2D eigenvalue weighted by atomic mass is 10.1. The van der Waals surface area contributed by atoms with E-state index in [1.165, 1.54) is 12.8 Å². The maximum Gasteiger partial charge on any atom is 0.0480 e. The summed E-state index contributed by atoms with van der Waals surface area (Å²) in [4.78, 5) is 0. The van der Waals surface area contributed by atoms with E-state index in [-0.39, 0.29) is 0 Å². The second kappa shape index (κ2) is 6.94. The summed E-state index contributed by atoms with van der Waals surface area (Å²) in [6.45, 7) is 2.89. The van der Waals surface area contributed by atoms with Crippen LogP contribution in [0.25, 0.3) is 0 Å². The molecule has 1 heterocycles. The van der Waals surface area contributed by atoms with Gasteiger partial charge in [-0.05, 0) is 32.2 Å². The van der Waals surface area contributed by atoms with Crippen molar-refractivity contribution >= 4 is 0 Å². The van der Waals surface area contributed by atoms with E-state index in [0.717, 1.165) is 39.0 Å². The van der Waals surface area contributed by atoms with E-state index in [2.05, 4.69) is 11.2 Å². The van der Waals surface area contributed by atoms with Crippen LogP contribution in [0.1, 0.15) is 32.1 Å². The van der Waals surface area contributed by atoms with Crippen LogP contribution in [-0.4, -0.2) is 25.8 Å². The van der Waals surface area contributed by atoms with Gasteiger partial charge in [0.2, 0.25) is 0 Å². The normalized spacial score (nSPS) is 23.5. The predicted octanol–water partition coefficient (Wildman–Crippen LogP) is 1.56. The van der Waals surface area contributed by atoms with E-state index in [0.29, 0.717) is 6.04 Å². The lowest BCUT2D eigenvalue weighted by Crippen LogP contribution is -2.30. The molecular formula is C11H19NO. The molecular weight excluding hydrogens is 162 g/mol. The summed E-state index contributed by atoms with van der Waals surface area (Å²) in [6.07, 6.45) is 10.7. The Hall–Kier alpha value is -0.520. The largest absolute Gasteiger partial charge is 0.381 e. The Morgan fingerprint density at radius 2 is 2.31 bits per heavy atom. The molecule has 1 saturated heterocycles. The molecule has 0 aromatic rings. The van der Waals surface area contributed by atoms with Crippen molar-refractivity contribution in [3.05, 3.63) is 0 Å². The van der Waals surface area contributed by atoms with Gasteiger partial charge in [-0.1, -0.05) is 0 Å². The molecule has 1 atom stereocenters. The highest BCUT2D eigenvalue weighted by atomic mass is 16.5. The highest BCUT2D eigenvalue weighted by molar-refractivity contribution is 4.83. The van der Waals surface area contributed by atoms with Crippen LogP contribution in [0.2, 0.25) is 0 Å². The number of nitrogens with one attached hydrogen (secondary N) is 1. The second-order valence-corrected chi connectivity index (χ2v) is 3.50. The van der Waals surface area contributed by atoms with E-state index in [1.807, 2.05) is 0 Å². The van der Waals surface area contributed by atoms with Gasteiger partial charge in [-0.15, -0.1) is 12.3 Å². The highest BCUT2D eigenvalue weighted by Gasteiger charge is 2.10. The van der Waals surface area contributed by atoms with Crippen LogP contribution in [0.3, 0.4) is 0 Å². The van der Waals surface area contributed by atoms with Gasteiger partial charge in [0.25, 0.3) is 0 Å². The summed E-state index contributed by atoms with van der Waals surface area (Å²) in [7, 11) is 0. The summed E-state index contributed by atoms with van der Waals surface area (Å²) in [5.74, 6) is 2.65. The summed E-state index contributed by atoms with van der Waals surface area (Å²) < 4.78 is 5.38. The number of hydrogen-bond acceptors (Lipinski definition) is 2. The fourth-order valence-electron chi connectivity index (χ4n) is 1.60. The molecule has 0 spiro atoms. The zero-order valence-electron chi connectivity index (χ0n) is 8.22. The van der Waals surface area contributed by atoms with Crippen LogP contribution in [-0.2, 0) is 4.74 Å². The standard InChI is InChI=1S/C11H19NO/c1-2-3-4-8-12-11-6-5-9-13-10-7-11/h1,11-12H,3-10H2.